The molecule has 78 valence electrons. The van der Waals surface area contributed by atoms with Crippen molar-refractivity contribution in [1.29, 1.82) is 0 Å². The van der Waals surface area contributed by atoms with Crippen LogP contribution in [0.5, 0.6) is 0 Å². The molecule has 0 fully saturated rings. The van der Waals surface area contributed by atoms with E-state index < -0.39 is 0 Å². The number of hydrogen-bond acceptors (Lipinski definition) is 2. The van der Waals surface area contributed by atoms with Crippen LogP contribution in [-0.4, -0.2) is 18.2 Å². The SMILES string of the molecule is CNCCCCn1c(C)cccc1=O. The molecular weight excluding hydrogens is 176 g/mol. The molecule has 14 heavy (non-hydrogen) atoms. The van der Waals surface area contributed by atoms with E-state index in [0.29, 0.717) is 0 Å². The highest BCUT2D eigenvalue weighted by Crippen LogP contribution is 1.97. The van der Waals surface area contributed by atoms with Gasteiger partial charge in [0, 0.05) is 18.3 Å². The molecule has 0 aliphatic heterocycles. The lowest BCUT2D eigenvalue weighted by atomic mass is 10.3. The van der Waals surface area contributed by atoms with E-state index in [-0.39, 0.29) is 5.56 Å². The molecule has 0 aliphatic rings. The first-order valence-corrected chi connectivity index (χ1v) is 5.07. The second kappa shape index (κ2) is 5.60. The Bertz CT molecular complexity index is 330. The van der Waals surface area contributed by atoms with Crippen molar-refractivity contribution < 1.29 is 0 Å². The van der Waals surface area contributed by atoms with E-state index in [9.17, 15) is 4.79 Å². The highest BCUT2D eigenvalue weighted by molar-refractivity contribution is 5.04. The van der Waals surface area contributed by atoms with Crippen LogP contribution < -0.4 is 10.9 Å². The molecule has 0 bridgehead atoms. The van der Waals surface area contributed by atoms with E-state index in [1.165, 1.54) is 0 Å². The highest BCUT2D eigenvalue weighted by atomic mass is 16.1. The van der Waals surface area contributed by atoms with Crippen molar-refractivity contribution in [3.63, 3.8) is 0 Å². The van der Waals surface area contributed by atoms with Crippen molar-refractivity contribution in [3.8, 4) is 0 Å². The van der Waals surface area contributed by atoms with Gasteiger partial charge in [0.25, 0.3) is 5.56 Å². The number of hydrogen-bond donors (Lipinski definition) is 1. The molecule has 0 atom stereocenters. The summed E-state index contributed by atoms with van der Waals surface area (Å²) in [5.74, 6) is 0. The van der Waals surface area contributed by atoms with Crippen LogP contribution in [0.2, 0.25) is 0 Å². The molecule has 0 aromatic carbocycles. The number of aromatic nitrogens is 1. The molecule has 1 rings (SSSR count). The van der Waals surface area contributed by atoms with Gasteiger partial charge in [-0.2, -0.15) is 0 Å². The fourth-order valence-electron chi connectivity index (χ4n) is 1.48. The second-order valence-electron chi connectivity index (χ2n) is 3.47. The molecule has 3 heteroatoms. The minimum absolute atomic E-state index is 0.106. The molecule has 1 aromatic heterocycles. The minimum Gasteiger partial charge on any atom is -0.320 e. The number of rotatable bonds is 5. The predicted octanol–water partition coefficient (Wildman–Crippen LogP) is 1.16. The molecule has 0 amide bonds. The summed E-state index contributed by atoms with van der Waals surface area (Å²) in [7, 11) is 1.94. The molecule has 0 aliphatic carbocycles. The van der Waals surface area contributed by atoms with Crippen LogP contribution in [0.25, 0.3) is 0 Å². The zero-order valence-electron chi connectivity index (χ0n) is 8.92. The third-order valence-corrected chi connectivity index (χ3v) is 2.33. The Morgan fingerprint density at radius 1 is 1.36 bits per heavy atom. The Balaban J connectivity index is 2.54. The van der Waals surface area contributed by atoms with Crippen LogP contribution >= 0.6 is 0 Å². The van der Waals surface area contributed by atoms with Crippen molar-refractivity contribution in [3.05, 3.63) is 34.2 Å². The van der Waals surface area contributed by atoms with Crippen LogP contribution in [0.15, 0.2) is 23.0 Å². The summed E-state index contributed by atoms with van der Waals surface area (Å²) in [6, 6.07) is 5.40. The van der Waals surface area contributed by atoms with Gasteiger partial charge in [-0.3, -0.25) is 4.79 Å². The van der Waals surface area contributed by atoms with Gasteiger partial charge in [0.15, 0.2) is 0 Å². The monoisotopic (exact) mass is 194 g/mol. The largest absolute Gasteiger partial charge is 0.320 e. The average molecular weight is 194 g/mol. The van der Waals surface area contributed by atoms with Crippen molar-refractivity contribution >= 4 is 0 Å². The van der Waals surface area contributed by atoms with Crippen molar-refractivity contribution in [2.75, 3.05) is 13.6 Å². The third-order valence-electron chi connectivity index (χ3n) is 2.33. The van der Waals surface area contributed by atoms with Gasteiger partial charge in [0.05, 0.1) is 0 Å². The van der Waals surface area contributed by atoms with Crippen LogP contribution in [0, 0.1) is 6.92 Å². The Hall–Kier alpha value is -1.09. The number of nitrogens with zero attached hydrogens (tertiary/aromatic N) is 1. The lowest BCUT2D eigenvalue weighted by Crippen LogP contribution is -2.21. The molecule has 0 saturated carbocycles. The van der Waals surface area contributed by atoms with Gasteiger partial charge in [-0.15, -0.1) is 0 Å². The molecule has 0 radical (unpaired) electrons. The number of aryl methyl sites for hydroxylation is 1. The molecular formula is C11H18N2O. The fraction of sp³-hybridized carbons (Fsp3) is 0.545. The molecule has 3 nitrogen and oxygen atoms in total. The first kappa shape index (κ1) is 11.0. The summed E-state index contributed by atoms with van der Waals surface area (Å²) in [4.78, 5) is 11.5. The van der Waals surface area contributed by atoms with Crippen LogP contribution in [0.3, 0.4) is 0 Å². The van der Waals surface area contributed by atoms with Gasteiger partial charge in [-0.1, -0.05) is 6.07 Å². The lowest BCUT2D eigenvalue weighted by molar-refractivity contribution is 0.568. The van der Waals surface area contributed by atoms with E-state index >= 15 is 0 Å². The Labute approximate surface area is 84.8 Å². The average Bonchev–Trinajstić information content (AvgIpc) is 2.16. The summed E-state index contributed by atoms with van der Waals surface area (Å²) in [6.45, 7) is 3.81. The standard InChI is InChI=1S/C11H18N2O/c1-10-6-5-7-11(14)13(10)9-4-3-8-12-2/h5-7,12H,3-4,8-9H2,1-2H3. The van der Waals surface area contributed by atoms with Crippen LogP contribution in [-0.2, 0) is 6.54 Å². The van der Waals surface area contributed by atoms with Crippen molar-refractivity contribution in [1.82, 2.24) is 9.88 Å². The Morgan fingerprint density at radius 2 is 2.14 bits per heavy atom. The van der Waals surface area contributed by atoms with E-state index in [1.54, 1.807) is 6.07 Å². The van der Waals surface area contributed by atoms with Gasteiger partial charge < -0.3 is 9.88 Å². The van der Waals surface area contributed by atoms with Crippen LogP contribution in [0.1, 0.15) is 18.5 Å². The zero-order valence-corrected chi connectivity index (χ0v) is 8.92. The zero-order chi connectivity index (χ0) is 10.4. The lowest BCUT2D eigenvalue weighted by Gasteiger charge is -2.08. The molecule has 0 saturated heterocycles. The maximum atomic E-state index is 11.5. The third kappa shape index (κ3) is 3.00. The summed E-state index contributed by atoms with van der Waals surface area (Å²) in [5.41, 5.74) is 1.15. The minimum atomic E-state index is 0.106. The van der Waals surface area contributed by atoms with E-state index in [1.807, 2.05) is 30.7 Å². The summed E-state index contributed by atoms with van der Waals surface area (Å²) in [5, 5.41) is 3.10. The number of unbranched alkanes of at least 4 members (excludes halogenated alkanes) is 1. The first-order valence-electron chi connectivity index (χ1n) is 5.07. The predicted molar refractivity (Wildman–Crippen MR) is 58.6 cm³/mol. The van der Waals surface area contributed by atoms with E-state index in [4.69, 9.17) is 0 Å². The van der Waals surface area contributed by atoms with Gasteiger partial charge in [0.1, 0.15) is 0 Å². The van der Waals surface area contributed by atoms with E-state index in [2.05, 4.69) is 5.32 Å². The number of pyridine rings is 1. The first-order chi connectivity index (χ1) is 6.75. The Kier molecular flexibility index (Phi) is 4.40. The second-order valence-corrected chi connectivity index (χ2v) is 3.47. The summed E-state index contributed by atoms with van der Waals surface area (Å²) >= 11 is 0. The molecule has 0 spiro atoms. The smallest absolute Gasteiger partial charge is 0.250 e. The quantitative estimate of drug-likeness (QED) is 0.714. The van der Waals surface area contributed by atoms with Gasteiger partial charge in [0.2, 0.25) is 0 Å². The highest BCUT2D eigenvalue weighted by Gasteiger charge is 1.97. The van der Waals surface area contributed by atoms with Crippen molar-refractivity contribution in [2.24, 2.45) is 0 Å². The fourth-order valence-corrected chi connectivity index (χ4v) is 1.48. The van der Waals surface area contributed by atoms with E-state index in [0.717, 1.165) is 31.6 Å². The normalized spacial score (nSPS) is 10.4. The van der Waals surface area contributed by atoms with Gasteiger partial charge in [-0.05, 0) is 39.4 Å². The molecule has 1 aromatic rings. The molecule has 1 heterocycles. The molecule has 0 unspecified atom stereocenters. The summed E-state index contributed by atoms with van der Waals surface area (Å²) in [6.07, 6.45) is 2.16. The summed E-state index contributed by atoms with van der Waals surface area (Å²) < 4.78 is 1.83. The Morgan fingerprint density at radius 3 is 2.79 bits per heavy atom. The number of nitrogens with one attached hydrogen (secondary N) is 1. The maximum Gasteiger partial charge on any atom is 0.250 e. The van der Waals surface area contributed by atoms with Crippen molar-refractivity contribution in [2.45, 2.75) is 26.3 Å². The molecule has 1 N–H and O–H groups in total. The van der Waals surface area contributed by atoms with Crippen LogP contribution in [0.4, 0.5) is 0 Å². The van der Waals surface area contributed by atoms with Gasteiger partial charge in [-0.25, -0.2) is 0 Å². The maximum absolute atomic E-state index is 11.5. The van der Waals surface area contributed by atoms with Gasteiger partial charge >= 0.3 is 0 Å². The topological polar surface area (TPSA) is 34.0 Å².